The summed E-state index contributed by atoms with van der Waals surface area (Å²) in [6.07, 6.45) is 9.82. The zero-order valence-electron chi connectivity index (χ0n) is 10.9. The van der Waals surface area contributed by atoms with Crippen LogP contribution in [0.2, 0.25) is 0 Å². The van der Waals surface area contributed by atoms with Crippen molar-refractivity contribution >= 4 is 0 Å². The van der Waals surface area contributed by atoms with Gasteiger partial charge in [-0.05, 0) is 43.7 Å². The molecular formula is C14H29N. The third-order valence-electron chi connectivity index (χ3n) is 4.22. The summed E-state index contributed by atoms with van der Waals surface area (Å²) in [5.74, 6) is 0.939. The summed E-state index contributed by atoms with van der Waals surface area (Å²) < 4.78 is 0. The fourth-order valence-corrected chi connectivity index (χ4v) is 3.13. The van der Waals surface area contributed by atoms with E-state index in [1.165, 1.54) is 58.0 Å². The molecule has 0 aromatic rings. The Bertz CT molecular complexity index is 161. The van der Waals surface area contributed by atoms with Gasteiger partial charge in [-0.25, -0.2) is 0 Å². The number of hydrogen-bond donors (Lipinski definition) is 1. The van der Waals surface area contributed by atoms with Crippen molar-refractivity contribution in [3.8, 4) is 0 Å². The van der Waals surface area contributed by atoms with Gasteiger partial charge < -0.3 is 5.32 Å². The van der Waals surface area contributed by atoms with E-state index in [9.17, 15) is 0 Å². The Hall–Kier alpha value is -0.0400. The van der Waals surface area contributed by atoms with Gasteiger partial charge in [0.2, 0.25) is 0 Å². The highest BCUT2D eigenvalue weighted by molar-refractivity contribution is 4.87. The molecule has 1 rings (SSSR count). The minimum absolute atomic E-state index is 0.618. The topological polar surface area (TPSA) is 12.0 Å². The standard InChI is InChI=1S/C14H29N/c1-4-6-7-10-14(3,9-5-2)13-8-11-15-12-13/h13,15H,4-12H2,1-3H3. The zero-order chi connectivity index (χ0) is 11.1. The summed E-state index contributed by atoms with van der Waals surface area (Å²) in [6.45, 7) is 9.68. The Labute approximate surface area is 96.0 Å². The van der Waals surface area contributed by atoms with E-state index < -0.39 is 0 Å². The van der Waals surface area contributed by atoms with Crippen molar-refractivity contribution in [2.24, 2.45) is 11.3 Å². The third kappa shape index (κ3) is 3.79. The van der Waals surface area contributed by atoms with Crippen LogP contribution in [0.5, 0.6) is 0 Å². The number of hydrogen-bond acceptors (Lipinski definition) is 1. The van der Waals surface area contributed by atoms with Gasteiger partial charge in [-0.3, -0.25) is 0 Å². The molecule has 1 saturated heterocycles. The van der Waals surface area contributed by atoms with Crippen LogP contribution in [0.15, 0.2) is 0 Å². The predicted octanol–water partition coefficient (Wildman–Crippen LogP) is 3.98. The molecule has 15 heavy (non-hydrogen) atoms. The second-order valence-corrected chi connectivity index (χ2v) is 5.55. The lowest BCUT2D eigenvalue weighted by molar-refractivity contribution is 0.159. The quantitative estimate of drug-likeness (QED) is 0.628. The lowest BCUT2D eigenvalue weighted by atomic mass is 9.70. The molecule has 1 heterocycles. The summed E-state index contributed by atoms with van der Waals surface area (Å²) in [5.41, 5.74) is 0.618. The van der Waals surface area contributed by atoms with Crippen molar-refractivity contribution in [1.82, 2.24) is 5.32 Å². The lowest BCUT2D eigenvalue weighted by Gasteiger charge is -2.35. The maximum absolute atomic E-state index is 3.53. The van der Waals surface area contributed by atoms with E-state index in [0.717, 1.165) is 5.92 Å². The molecule has 1 N–H and O–H groups in total. The molecule has 0 amide bonds. The smallest absolute Gasteiger partial charge is 0.00148 e. The molecule has 1 nitrogen and oxygen atoms in total. The molecule has 1 aliphatic rings. The molecule has 0 spiro atoms. The van der Waals surface area contributed by atoms with E-state index in [2.05, 4.69) is 26.1 Å². The van der Waals surface area contributed by atoms with Gasteiger partial charge in [0, 0.05) is 0 Å². The first kappa shape index (κ1) is 13.0. The Balaban J connectivity index is 2.43. The maximum Gasteiger partial charge on any atom is -0.00148 e. The van der Waals surface area contributed by atoms with E-state index in [1.54, 1.807) is 0 Å². The van der Waals surface area contributed by atoms with Crippen molar-refractivity contribution in [2.75, 3.05) is 13.1 Å². The minimum atomic E-state index is 0.618. The molecule has 90 valence electrons. The summed E-state index contributed by atoms with van der Waals surface area (Å²) in [5, 5.41) is 3.53. The zero-order valence-corrected chi connectivity index (χ0v) is 10.9. The van der Waals surface area contributed by atoms with E-state index >= 15 is 0 Å². The first-order valence-electron chi connectivity index (χ1n) is 6.93. The largest absolute Gasteiger partial charge is 0.316 e. The lowest BCUT2D eigenvalue weighted by Crippen LogP contribution is -2.29. The SMILES string of the molecule is CCCCCC(C)(CCC)C1CCNC1. The average Bonchev–Trinajstić information content (AvgIpc) is 2.72. The molecule has 0 aliphatic carbocycles. The molecule has 2 unspecified atom stereocenters. The molecule has 1 fully saturated rings. The van der Waals surface area contributed by atoms with Crippen LogP contribution >= 0.6 is 0 Å². The molecule has 0 bridgehead atoms. The van der Waals surface area contributed by atoms with E-state index in [4.69, 9.17) is 0 Å². The number of rotatable bonds is 7. The molecule has 2 atom stereocenters. The molecule has 1 heteroatoms. The number of unbranched alkanes of at least 4 members (excludes halogenated alkanes) is 2. The average molecular weight is 211 g/mol. The second kappa shape index (κ2) is 6.52. The van der Waals surface area contributed by atoms with Gasteiger partial charge in [-0.2, -0.15) is 0 Å². The monoisotopic (exact) mass is 211 g/mol. The molecule has 0 aromatic heterocycles. The normalized spacial score (nSPS) is 25.4. The van der Waals surface area contributed by atoms with Gasteiger partial charge in [0.25, 0.3) is 0 Å². The van der Waals surface area contributed by atoms with Crippen LogP contribution in [0.25, 0.3) is 0 Å². The van der Waals surface area contributed by atoms with Gasteiger partial charge in [-0.15, -0.1) is 0 Å². The number of nitrogens with one attached hydrogen (secondary N) is 1. The first-order chi connectivity index (χ1) is 7.23. The van der Waals surface area contributed by atoms with Crippen LogP contribution in [-0.4, -0.2) is 13.1 Å². The highest BCUT2D eigenvalue weighted by Crippen LogP contribution is 2.40. The summed E-state index contributed by atoms with van der Waals surface area (Å²) in [7, 11) is 0. The second-order valence-electron chi connectivity index (χ2n) is 5.55. The summed E-state index contributed by atoms with van der Waals surface area (Å²) in [6, 6.07) is 0. The summed E-state index contributed by atoms with van der Waals surface area (Å²) >= 11 is 0. The van der Waals surface area contributed by atoms with Crippen molar-refractivity contribution in [3.63, 3.8) is 0 Å². The Morgan fingerprint density at radius 3 is 2.47 bits per heavy atom. The van der Waals surface area contributed by atoms with Crippen molar-refractivity contribution < 1.29 is 0 Å². The fourth-order valence-electron chi connectivity index (χ4n) is 3.13. The van der Waals surface area contributed by atoms with Gasteiger partial charge >= 0.3 is 0 Å². The van der Waals surface area contributed by atoms with Crippen LogP contribution in [0.1, 0.15) is 65.7 Å². The Kier molecular flexibility index (Phi) is 5.66. The van der Waals surface area contributed by atoms with Crippen LogP contribution in [-0.2, 0) is 0 Å². The highest BCUT2D eigenvalue weighted by atomic mass is 14.9. The van der Waals surface area contributed by atoms with Crippen LogP contribution in [0.3, 0.4) is 0 Å². The molecule has 0 saturated carbocycles. The van der Waals surface area contributed by atoms with Crippen LogP contribution in [0, 0.1) is 11.3 Å². The fraction of sp³-hybridized carbons (Fsp3) is 1.00. The van der Waals surface area contributed by atoms with Gasteiger partial charge in [0.1, 0.15) is 0 Å². The van der Waals surface area contributed by atoms with Crippen molar-refractivity contribution in [1.29, 1.82) is 0 Å². The van der Waals surface area contributed by atoms with Crippen LogP contribution in [0.4, 0.5) is 0 Å². The van der Waals surface area contributed by atoms with Crippen molar-refractivity contribution in [2.45, 2.75) is 65.7 Å². The van der Waals surface area contributed by atoms with E-state index in [-0.39, 0.29) is 0 Å². The summed E-state index contributed by atoms with van der Waals surface area (Å²) in [4.78, 5) is 0. The van der Waals surface area contributed by atoms with Gasteiger partial charge in [0.15, 0.2) is 0 Å². The molecule has 0 radical (unpaired) electrons. The van der Waals surface area contributed by atoms with E-state index in [1.807, 2.05) is 0 Å². The Morgan fingerprint density at radius 2 is 1.93 bits per heavy atom. The molecule has 0 aromatic carbocycles. The van der Waals surface area contributed by atoms with E-state index in [0.29, 0.717) is 5.41 Å². The van der Waals surface area contributed by atoms with Crippen LogP contribution < -0.4 is 5.32 Å². The van der Waals surface area contributed by atoms with Gasteiger partial charge in [-0.1, -0.05) is 46.5 Å². The Morgan fingerprint density at radius 1 is 1.13 bits per heavy atom. The minimum Gasteiger partial charge on any atom is -0.316 e. The predicted molar refractivity (Wildman–Crippen MR) is 68.1 cm³/mol. The van der Waals surface area contributed by atoms with Gasteiger partial charge in [0.05, 0.1) is 0 Å². The first-order valence-corrected chi connectivity index (χ1v) is 6.93. The highest BCUT2D eigenvalue weighted by Gasteiger charge is 2.34. The maximum atomic E-state index is 3.53. The van der Waals surface area contributed by atoms with Crippen molar-refractivity contribution in [3.05, 3.63) is 0 Å². The molecule has 1 aliphatic heterocycles. The molecular weight excluding hydrogens is 182 g/mol. The third-order valence-corrected chi connectivity index (χ3v) is 4.22.